The van der Waals surface area contributed by atoms with Crippen molar-refractivity contribution in [1.29, 1.82) is 0 Å². The standard InChI is InChI=1S/C19H29N3O2/c1-15(16-5-3-2-4-6-16)22-10-7-17(13-22)21-18(23)19(14-20)8-11-24-12-9-19/h2-6,15,17H,7-14,20H2,1H3,(H,21,23). The molecule has 2 unspecified atom stereocenters. The van der Waals surface area contributed by atoms with Crippen LogP contribution in [0.25, 0.3) is 0 Å². The predicted octanol–water partition coefficient (Wildman–Crippen LogP) is 1.69. The maximum absolute atomic E-state index is 12.8. The van der Waals surface area contributed by atoms with Crippen molar-refractivity contribution in [1.82, 2.24) is 10.2 Å². The molecule has 0 spiro atoms. The molecule has 1 aromatic rings. The molecule has 0 bridgehead atoms. The molecule has 2 saturated heterocycles. The quantitative estimate of drug-likeness (QED) is 0.862. The molecule has 5 nitrogen and oxygen atoms in total. The highest BCUT2D eigenvalue weighted by atomic mass is 16.5. The van der Waals surface area contributed by atoms with Crippen LogP contribution in [-0.4, -0.2) is 49.7 Å². The molecule has 2 fully saturated rings. The van der Waals surface area contributed by atoms with Gasteiger partial charge < -0.3 is 15.8 Å². The average molecular weight is 331 g/mol. The zero-order valence-corrected chi connectivity index (χ0v) is 14.5. The number of hydrogen-bond donors (Lipinski definition) is 2. The highest BCUT2D eigenvalue weighted by Gasteiger charge is 2.40. The van der Waals surface area contributed by atoms with Crippen molar-refractivity contribution in [3.8, 4) is 0 Å². The van der Waals surface area contributed by atoms with E-state index in [1.54, 1.807) is 0 Å². The van der Waals surface area contributed by atoms with Gasteiger partial charge in [-0.15, -0.1) is 0 Å². The summed E-state index contributed by atoms with van der Waals surface area (Å²) in [5.74, 6) is 0.118. The fourth-order valence-electron chi connectivity index (χ4n) is 3.82. The summed E-state index contributed by atoms with van der Waals surface area (Å²) in [6, 6.07) is 11.1. The average Bonchev–Trinajstić information content (AvgIpc) is 3.10. The van der Waals surface area contributed by atoms with E-state index in [-0.39, 0.29) is 11.9 Å². The molecular weight excluding hydrogens is 302 g/mol. The van der Waals surface area contributed by atoms with Crippen molar-refractivity contribution in [2.45, 2.75) is 38.3 Å². The van der Waals surface area contributed by atoms with E-state index in [1.807, 2.05) is 6.07 Å². The topological polar surface area (TPSA) is 67.6 Å². The van der Waals surface area contributed by atoms with Gasteiger partial charge in [0.15, 0.2) is 0 Å². The molecule has 1 aromatic carbocycles. The lowest BCUT2D eigenvalue weighted by atomic mass is 9.79. The Balaban J connectivity index is 1.57. The second kappa shape index (κ2) is 7.64. The van der Waals surface area contributed by atoms with Gasteiger partial charge in [0.2, 0.25) is 5.91 Å². The maximum Gasteiger partial charge on any atom is 0.227 e. The van der Waals surface area contributed by atoms with Crippen LogP contribution in [0, 0.1) is 5.41 Å². The van der Waals surface area contributed by atoms with Gasteiger partial charge in [-0.2, -0.15) is 0 Å². The van der Waals surface area contributed by atoms with Crippen LogP contribution in [0.15, 0.2) is 30.3 Å². The lowest BCUT2D eigenvalue weighted by Crippen LogP contribution is -2.52. The summed E-state index contributed by atoms with van der Waals surface area (Å²) in [5, 5.41) is 3.26. The third kappa shape index (κ3) is 3.63. The van der Waals surface area contributed by atoms with Gasteiger partial charge in [-0.3, -0.25) is 9.69 Å². The molecule has 0 aromatic heterocycles. The van der Waals surface area contributed by atoms with E-state index in [2.05, 4.69) is 41.4 Å². The Labute approximate surface area is 144 Å². The number of carbonyl (C=O) groups excluding carboxylic acids is 1. The number of carbonyl (C=O) groups is 1. The van der Waals surface area contributed by atoms with Crippen LogP contribution in [0.3, 0.4) is 0 Å². The van der Waals surface area contributed by atoms with E-state index < -0.39 is 5.41 Å². The predicted molar refractivity (Wildman–Crippen MR) is 94.5 cm³/mol. The first-order valence-electron chi connectivity index (χ1n) is 9.02. The van der Waals surface area contributed by atoms with E-state index in [4.69, 9.17) is 10.5 Å². The van der Waals surface area contributed by atoms with Crippen molar-refractivity contribution in [2.24, 2.45) is 11.1 Å². The second-order valence-electron chi connectivity index (χ2n) is 7.14. The molecule has 1 amide bonds. The van der Waals surface area contributed by atoms with E-state index >= 15 is 0 Å². The van der Waals surface area contributed by atoms with Gasteiger partial charge in [0.25, 0.3) is 0 Å². The number of nitrogens with one attached hydrogen (secondary N) is 1. The van der Waals surface area contributed by atoms with Gasteiger partial charge in [0.05, 0.1) is 5.41 Å². The first-order chi connectivity index (χ1) is 11.6. The SMILES string of the molecule is CC(c1ccccc1)N1CCC(NC(=O)C2(CN)CCOCC2)C1. The number of nitrogens with zero attached hydrogens (tertiary/aromatic N) is 1. The van der Waals surface area contributed by atoms with Crippen molar-refractivity contribution >= 4 is 5.91 Å². The molecule has 0 radical (unpaired) electrons. The monoisotopic (exact) mass is 331 g/mol. The molecule has 3 rings (SSSR count). The molecule has 2 aliphatic heterocycles. The lowest BCUT2D eigenvalue weighted by molar-refractivity contribution is -0.136. The highest BCUT2D eigenvalue weighted by molar-refractivity contribution is 5.83. The fraction of sp³-hybridized carbons (Fsp3) is 0.632. The zero-order chi connectivity index (χ0) is 17.0. The lowest BCUT2D eigenvalue weighted by Gasteiger charge is -2.35. The number of benzene rings is 1. The van der Waals surface area contributed by atoms with Gasteiger partial charge in [-0.05, 0) is 31.7 Å². The molecule has 132 valence electrons. The van der Waals surface area contributed by atoms with E-state index in [0.29, 0.717) is 25.8 Å². The van der Waals surface area contributed by atoms with Crippen LogP contribution < -0.4 is 11.1 Å². The molecule has 0 saturated carbocycles. The van der Waals surface area contributed by atoms with Crippen molar-refractivity contribution in [2.75, 3.05) is 32.8 Å². The summed E-state index contributed by atoms with van der Waals surface area (Å²) >= 11 is 0. The largest absolute Gasteiger partial charge is 0.381 e. The summed E-state index contributed by atoms with van der Waals surface area (Å²) in [6.45, 7) is 5.82. The van der Waals surface area contributed by atoms with E-state index in [1.165, 1.54) is 5.56 Å². The summed E-state index contributed by atoms with van der Waals surface area (Å²) in [6.07, 6.45) is 2.46. The third-order valence-corrected chi connectivity index (χ3v) is 5.71. The third-order valence-electron chi connectivity index (χ3n) is 5.71. The Hall–Kier alpha value is -1.43. The Bertz CT molecular complexity index is 543. The fourth-order valence-corrected chi connectivity index (χ4v) is 3.82. The molecule has 24 heavy (non-hydrogen) atoms. The van der Waals surface area contributed by atoms with Crippen LogP contribution in [-0.2, 0) is 9.53 Å². The van der Waals surface area contributed by atoms with Crippen molar-refractivity contribution < 1.29 is 9.53 Å². The number of nitrogens with two attached hydrogens (primary N) is 1. The molecule has 3 N–H and O–H groups in total. The summed E-state index contributed by atoms with van der Waals surface area (Å²) in [4.78, 5) is 15.2. The number of ether oxygens (including phenoxy) is 1. The highest BCUT2D eigenvalue weighted by Crippen LogP contribution is 2.31. The minimum Gasteiger partial charge on any atom is -0.381 e. The minimum absolute atomic E-state index is 0.118. The van der Waals surface area contributed by atoms with Crippen LogP contribution in [0.4, 0.5) is 0 Å². The first-order valence-corrected chi connectivity index (χ1v) is 9.02. The van der Waals surface area contributed by atoms with Crippen molar-refractivity contribution in [3.63, 3.8) is 0 Å². The number of rotatable bonds is 5. The molecule has 2 heterocycles. The Morgan fingerprint density at radius 1 is 1.38 bits per heavy atom. The van der Waals surface area contributed by atoms with Crippen LogP contribution in [0.1, 0.15) is 37.8 Å². The normalized spacial score (nSPS) is 25.3. The van der Waals surface area contributed by atoms with Crippen molar-refractivity contribution in [3.05, 3.63) is 35.9 Å². The summed E-state index contributed by atoms with van der Waals surface area (Å²) < 4.78 is 5.40. The first kappa shape index (κ1) is 17.4. The zero-order valence-electron chi connectivity index (χ0n) is 14.5. The second-order valence-corrected chi connectivity index (χ2v) is 7.14. The van der Waals surface area contributed by atoms with E-state index in [9.17, 15) is 4.79 Å². The Morgan fingerprint density at radius 3 is 2.75 bits per heavy atom. The summed E-state index contributed by atoms with van der Waals surface area (Å²) in [7, 11) is 0. The van der Waals surface area contributed by atoms with Crippen LogP contribution in [0.5, 0.6) is 0 Å². The smallest absolute Gasteiger partial charge is 0.227 e. The number of amides is 1. The van der Waals surface area contributed by atoms with Gasteiger partial charge in [-0.1, -0.05) is 30.3 Å². The minimum atomic E-state index is -0.434. The van der Waals surface area contributed by atoms with Gasteiger partial charge in [-0.25, -0.2) is 0 Å². The number of likely N-dealkylation sites (tertiary alicyclic amines) is 1. The van der Waals surface area contributed by atoms with Gasteiger partial charge in [0.1, 0.15) is 0 Å². The maximum atomic E-state index is 12.8. The Kier molecular flexibility index (Phi) is 5.54. The Morgan fingerprint density at radius 2 is 2.08 bits per heavy atom. The van der Waals surface area contributed by atoms with Gasteiger partial charge >= 0.3 is 0 Å². The van der Waals surface area contributed by atoms with Crippen LogP contribution in [0.2, 0.25) is 0 Å². The van der Waals surface area contributed by atoms with Crippen LogP contribution >= 0.6 is 0 Å². The van der Waals surface area contributed by atoms with E-state index in [0.717, 1.165) is 32.4 Å². The molecular formula is C19H29N3O2. The van der Waals surface area contributed by atoms with Gasteiger partial charge in [0, 0.05) is 44.9 Å². The summed E-state index contributed by atoms with van der Waals surface area (Å²) in [5.41, 5.74) is 6.83. The molecule has 2 atom stereocenters. The molecule has 5 heteroatoms. The number of hydrogen-bond acceptors (Lipinski definition) is 4. The molecule has 2 aliphatic rings. The molecule has 0 aliphatic carbocycles.